The van der Waals surface area contributed by atoms with Crippen LogP contribution in [0.5, 0.6) is 0 Å². The fourth-order valence-electron chi connectivity index (χ4n) is 1.16. The predicted octanol–water partition coefficient (Wildman–Crippen LogP) is 2.61. The van der Waals surface area contributed by atoms with Crippen LogP contribution in [-0.2, 0) is 0 Å². The largest absolute Gasteiger partial charge is 0.393 e. The summed E-state index contributed by atoms with van der Waals surface area (Å²) in [6.45, 7) is 5.52. The van der Waals surface area contributed by atoms with Crippen molar-refractivity contribution in [2.24, 2.45) is 0 Å². The Balaban J connectivity index is 2.72. The van der Waals surface area contributed by atoms with Crippen LogP contribution in [0.4, 0.5) is 4.39 Å². The van der Waals surface area contributed by atoms with Crippen LogP contribution in [0.15, 0.2) is 30.8 Å². The quantitative estimate of drug-likeness (QED) is 0.758. The van der Waals surface area contributed by atoms with Gasteiger partial charge in [0, 0.05) is 0 Å². The molecule has 0 fully saturated rings. The summed E-state index contributed by atoms with van der Waals surface area (Å²) < 4.78 is 12.5. The topological polar surface area (TPSA) is 20.2 Å². The second-order valence-corrected chi connectivity index (χ2v) is 3.16. The minimum absolute atomic E-state index is 0.256. The number of aliphatic hydroxyl groups excluding tert-OH is 1. The maximum atomic E-state index is 12.5. The number of rotatable bonds is 3. The molecule has 1 unspecified atom stereocenters. The monoisotopic (exact) mass is 180 g/mol. The molecule has 70 valence electrons. The second kappa shape index (κ2) is 4.19. The Labute approximate surface area is 77.5 Å². The van der Waals surface area contributed by atoms with Crippen molar-refractivity contribution in [3.63, 3.8) is 0 Å². The van der Waals surface area contributed by atoms with E-state index in [-0.39, 0.29) is 5.82 Å². The molecule has 1 rings (SSSR count). The first-order chi connectivity index (χ1) is 6.09. The van der Waals surface area contributed by atoms with Crippen molar-refractivity contribution in [2.45, 2.75) is 19.4 Å². The van der Waals surface area contributed by atoms with Crippen LogP contribution in [0.2, 0.25) is 0 Å². The highest BCUT2D eigenvalue weighted by molar-refractivity contribution is 5.63. The number of hydrogen-bond donors (Lipinski definition) is 1. The molecule has 1 aromatic rings. The van der Waals surface area contributed by atoms with Gasteiger partial charge in [-0.2, -0.15) is 0 Å². The number of hydrogen-bond acceptors (Lipinski definition) is 1. The molecule has 2 heteroatoms. The summed E-state index contributed by atoms with van der Waals surface area (Å²) in [6.07, 6.45) is 0.114. The van der Waals surface area contributed by atoms with Gasteiger partial charge in [-0.3, -0.25) is 0 Å². The normalized spacial score (nSPS) is 12.5. The molecule has 0 bridgehead atoms. The fraction of sp³-hybridized carbons (Fsp3) is 0.273. The van der Waals surface area contributed by atoms with Gasteiger partial charge in [0.1, 0.15) is 5.82 Å². The predicted molar refractivity (Wildman–Crippen MR) is 51.7 cm³/mol. The summed E-state index contributed by atoms with van der Waals surface area (Å²) >= 11 is 0. The lowest BCUT2D eigenvalue weighted by Gasteiger charge is -2.07. The minimum Gasteiger partial charge on any atom is -0.393 e. The second-order valence-electron chi connectivity index (χ2n) is 3.16. The number of aliphatic hydroxyl groups is 1. The molecule has 0 saturated heterocycles. The van der Waals surface area contributed by atoms with Crippen molar-refractivity contribution in [2.75, 3.05) is 0 Å². The van der Waals surface area contributed by atoms with Gasteiger partial charge in [-0.15, -0.1) is 0 Å². The molecule has 1 aromatic carbocycles. The van der Waals surface area contributed by atoms with E-state index in [9.17, 15) is 4.39 Å². The third-order valence-electron chi connectivity index (χ3n) is 1.79. The van der Waals surface area contributed by atoms with E-state index < -0.39 is 6.10 Å². The SMILES string of the molecule is C=C(CC(C)O)c1ccc(F)cc1. The van der Waals surface area contributed by atoms with Crippen LogP contribution in [0.1, 0.15) is 18.9 Å². The Kier molecular flexibility index (Phi) is 3.20. The Morgan fingerprint density at radius 2 is 2.00 bits per heavy atom. The van der Waals surface area contributed by atoms with Crippen LogP contribution >= 0.6 is 0 Å². The maximum Gasteiger partial charge on any atom is 0.123 e. The number of halogens is 1. The summed E-state index contributed by atoms with van der Waals surface area (Å²) in [5, 5.41) is 9.10. The van der Waals surface area contributed by atoms with Crippen LogP contribution in [0, 0.1) is 5.82 Å². The van der Waals surface area contributed by atoms with Crippen molar-refractivity contribution in [3.05, 3.63) is 42.2 Å². The van der Waals surface area contributed by atoms with Crippen LogP contribution in [0.25, 0.3) is 5.57 Å². The van der Waals surface area contributed by atoms with E-state index >= 15 is 0 Å². The molecular weight excluding hydrogens is 167 g/mol. The van der Waals surface area contributed by atoms with E-state index in [1.807, 2.05) is 0 Å². The molecular formula is C11H13FO. The number of benzene rings is 1. The molecule has 0 aliphatic heterocycles. The van der Waals surface area contributed by atoms with E-state index in [0.29, 0.717) is 6.42 Å². The molecule has 0 spiro atoms. The van der Waals surface area contributed by atoms with E-state index in [4.69, 9.17) is 5.11 Å². The zero-order chi connectivity index (χ0) is 9.84. The summed E-state index contributed by atoms with van der Waals surface area (Å²) in [5.74, 6) is -0.256. The summed E-state index contributed by atoms with van der Waals surface area (Å²) in [7, 11) is 0. The first-order valence-corrected chi connectivity index (χ1v) is 4.21. The first kappa shape index (κ1) is 9.93. The van der Waals surface area contributed by atoms with Gasteiger partial charge in [-0.1, -0.05) is 18.7 Å². The lowest BCUT2D eigenvalue weighted by molar-refractivity contribution is 0.201. The molecule has 0 heterocycles. The Hall–Kier alpha value is -1.15. The van der Waals surface area contributed by atoms with Gasteiger partial charge in [0.15, 0.2) is 0 Å². The lowest BCUT2D eigenvalue weighted by atomic mass is 10.0. The zero-order valence-electron chi connectivity index (χ0n) is 7.63. The molecule has 0 radical (unpaired) electrons. The van der Waals surface area contributed by atoms with Crippen molar-refractivity contribution in [1.29, 1.82) is 0 Å². The van der Waals surface area contributed by atoms with Gasteiger partial charge in [0.2, 0.25) is 0 Å². The van der Waals surface area contributed by atoms with Gasteiger partial charge in [0.25, 0.3) is 0 Å². The maximum absolute atomic E-state index is 12.5. The van der Waals surface area contributed by atoms with Gasteiger partial charge in [-0.25, -0.2) is 4.39 Å². The van der Waals surface area contributed by atoms with Crippen molar-refractivity contribution >= 4 is 5.57 Å². The highest BCUT2D eigenvalue weighted by Crippen LogP contribution is 2.17. The molecule has 0 amide bonds. The van der Waals surface area contributed by atoms with Crippen LogP contribution < -0.4 is 0 Å². The molecule has 1 N–H and O–H groups in total. The average Bonchev–Trinajstić information content (AvgIpc) is 2.04. The summed E-state index contributed by atoms with van der Waals surface area (Å²) in [4.78, 5) is 0. The third kappa shape index (κ3) is 2.99. The van der Waals surface area contributed by atoms with Gasteiger partial charge in [-0.05, 0) is 36.6 Å². The van der Waals surface area contributed by atoms with E-state index in [0.717, 1.165) is 11.1 Å². The van der Waals surface area contributed by atoms with Gasteiger partial charge >= 0.3 is 0 Å². The smallest absolute Gasteiger partial charge is 0.123 e. The molecule has 1 atom stereocenters. The van der Waals surface area contributed by atoms with Crippen LogP contribution in [0.3, 0.4) is 0 Å². The van der Waals surface area contributed by atoms with Crippen molar-refractivity contribution in [1.82, 2.24) is 0 Å². The van der Waals surface area contributed by atoms with Crippen molar-refractivity contribution in [3.8, 4) is 0 Å². The van der Waals surface area contributed by atoms with Crippen molar-refractivity contribution < 1.29 is 9.50 Å². The highest BCUT2D eigenvalue weighted by Gasteiger charge is 2.02. The van der Waals surface area contributed by atoms with Gasteiger partial charge in [0.05, 0.1) is 6.10 Å². The first-order valence-electron chi connectivity index (χ1n) is 4.21. The summed E-state index contributed by atoms with van der Waals surface area (Å²) in [6, 6.07) is 6.12. The third-order valence-corrected chi connectivity index (χ3v) is 1.79. The highest BCUT2D eigenvalue weighted by atomic mass is 19.1. The molecule has 0 aromatic heterocycles. The Morgan fingerprint density at radius 1 is 1.46 bits per heavy atom. The molecule has 0 aliphatic rings. The van der Waals surface area contributed by atoms with Gasteiger partial charge < -0.3 is 5.11 Å². The van der Waals surface area contributed by atoms with E-state index in [1.54, 1.807) is 19.1 Å². The zero-order valence-corrected chi connectivity index (χ0v) is 7.63. The van der Waals surface area contributed by atoms with E-state index in [2.05, 4.69) is 6.58 Å². The molecule has 13 heavy (non-hydrogen) atoms. The minimum atomic E-state index is -0.405. The Morgan fingerprint density at radius 3 is 2.46 bits per heavy atom. The molecule has 1 nitrogen and oxygen atoms in total. The summed E-state index contributed by atoms with van der Waals surface area (Å²) in [5.41, 5.74) is 1.71. The lowest BCUT2D eigenvalue weighted by Crippen LogP contribution is -2.00. The average molecular weight is 180 g/mol. The standard InChI is InChI=1S/C11H13FO/c1-8(7-9(2)13)10-3-5-11(12)6-4-10/h3-6,9,13H,1,7H2,2H3. The fourth-order valence-corrected chi connectivity index (χ4v) is 1.16. The Bertz CT molecular complexity index is 287. The van der Waals surface area contributed by atoms with E-state index in [1.165, 1.54) is 12.1 Å². The molecule has 0 aliphatic carbocycles. The molecule has 0 saturated carbocycles. The van der Waals surface area contributed by atoms with Crippen LogP contribution in [-0.4, -0.2) is 11.2 Å².